The summed E-state index contributed by atoms with van der Waals surface area (Å²) in [5.41, 5.74) is 3.04. The van der Waals surface area contributed by atoms with Gasteiger partial charge in [0, 0.05) is 18.1 Å². The molecule has 0 heterocycles. The zero-order valence-corrected chi connectivity index (χ0v) is 12.8. The monoisotopic (exact) mass is 294 g/mol. The lowest BCUT2D eigenvalue weighted by Gasteiger charge is -2.12. The van der Waals surface area contributed by atoms with Crippen molar-refractivity contribution in [1.29, 1.82) is 5.26 Å². The molecule has 0 fully saturated rings. The van der Waals surface area contributed by atoms with Crippen molar-refractivity contribution in [3.8, 4) is 17.6 Å². The van der Waals surface area contributed by atoms with Crippen LogP contribution in [0, 0.1) is 17.4 Å². The highest BCUT2D eigenvalue weighted by atomic mass is 16.5. The Morgan fingerprint density at radius 2 is 1.86 bits per heavy atom. The summed E-state index contributed by atoms with van der Waals surface area (Å²) in [5.74, 6) is 0.887. The summed E-state index contributed by atoms with van der Waals surface area (Å²) in [7, 11) is 0. The predicted octanol–water partition coefficient (Wildman–Crippen LogP) is 4.18. The topological polar surface area (TPSA) is 53.2 Å². The molecule has 113 valence electrons. The molecule has 0 bridgehead atoms. The van der Waals surface area contributed by atoms with Gasteiger partial charge < -0.3 is 9.84 Å². The van der Waals surface area contributed by atoms with Crippen LogP contribution in [-0.2, 0) is 19.4 Å². The molecule has 2 rings (SSSR count). The number of nitriles is 1. The van der Waals surface area contributed by atoms with E-state index in [1.807, 2.05) is 30.3 Å². The second kappa shape index (κ2) is 8.09. The lowest BCUT2D eigenvalue weighted by molar-refractivity contribution is 0.300. The van der Waals surface area contributed by atoms with E-state index in [4.69, 9.17) is 10.00 Å². The maximum absolute atomic E-state index is 9.88. The van der Waals surface area contributed by atoms with E-state index in [9.17, 15) is 5.11 Å². The Morgan fingerprint density at radius 1 is 1.14 bits per heavy atom. The highest BCUT2D eigenvalue weighted by molar-refractivity contribution is 5.43. The van der Waals surface area contributed by atoms with Crippen molar-refractivity contribution in [3.05, 3.63) is 59.2 Å². The first-order chi connectivity index (χ1) is 10.7. The van der Waals surface area contributed by atoms with Gasteiger partial charge in [-0.3, -0.25) is 0 Å². The Bertz CT molecular complexity index is 641. The van der Waals surface area contributed by atoms with E-state index in [1.165, 1.54) is 0 Å². The van der Waals surface area contributed by atoms with Gasteiger partial charge in [-0.25, -0.2) is 0 Å². The minimum atomic E-state index is 0.172. The third-order valence-corrected chi connectivity index (χ3v) is 3.48. The van der Waals surface area contributed by atoms with Crippen molar-refractivity contribution in [2.75, 3.05) is 0 Å². The zero-order valence-electron chi connectivity index (χ0n) is 12.8. The van der Waals surface area contributed by atoms with Gasteiger partial charge in [-0.1, -0.05) is 37.6 Å². The number of ether oxygens (including phenoxy) is 1. The van der Waals surface area contributed by atoms with Crippen molar-refractivity contribution in [2.24, 2.45) is 0 Å². The molecule has 0 atom stereocenters. The molecule has 1 N–H and O–H groups in total. The summed E-state index contributed by atoms with van der Waals surface area (Å²) >= 11 is 0. The van der Waals surface area contributed by atoms with Gasteiger partial charge in [0.15, 0.2) is 0 Å². The lowest BCUT2D eigenvalue weighted by Crippen LogP contribution is -1.99. The van der Waals surface area contributed by atoms with Crippen LogP contribution in [-0.4, -0.2) is 5.11 Å². The highest BCUT2D eigenvalue weighted by Crippen LogP contribution is 2.29. The molecule has 0 aliphatic rings. The van der Waals surface area contributed by atoms with Crippen molar-refractivity contribution in [1.82, 2.24) is 0 Å². The average Bonchev–Trinajstić information content (AvgIpc) is 2.54. The van der Waals surface area contributed by atoms with E-state index >= 15 is 0 Å². The summed E-state index contributed by atoms with van der Waals surface area (Å²) in [6.07, 6.45) is 3.03. The predicted molar refractivity (Wildman–Crippen MR) is 85.6 cm³/mol. The van der Waals surface area contributed by atoms with Crippen molar-refractivity contribution in [2.45, 2.75) is 39.2 Å². The Labute approximate surface area is 131 Å². The van der Waals surface area contributed by atoms with E-state index in [0.717, 1.165) is 36.0 Å². The molecular weight excluding hydrogens is 274 g/mol. The molecule has 0 aromatic heterocycles. The largest absolute Gasteiger partial charge is 0.507 e. The van der Waals surface area contributed by atoms with Crippen LogP contribution in [0.3, 0.4) is 0 Å². The normalized spacial score (nSPS) is 10.2. The summed E-state index contributed by atoms with van der Waals surface area (Å²) in [5, 5.41) is 18.5. The first-order valence-electron chi connectivity index (χ1n) is 7.54. The number of hydrogen-bond donors (Lipinski definition) is 1. The summed E-state index contributed by atoms with van der Waals surface area (Å²) in [4.78, 5) is 0. The van der Waals surface area contributed by atoms with Crippen LogP contribution < -0.4 is 4.74 Å². The van der Waals surface area contributed by atoms with Crippen LogP contribution in [0.25, 0.3) is 0 Å². The first kappa shape index (κ1) is 15.9. The zero-order chi connectivity index (χ0) is 15.8. The standard InChI is InChI=1S/C19H20NO2/c1-2-5-17-18(21)7-3-8-19(17)22-14-16-11-9-15(10-12-16)6-4-13-20/h3,8-12,21H,2,4-6,14H2,1H3. The number of hydrogen-bond acceptors (Lipinski definition) is 3. The maximum atomic E-state index is 9.88. The molecule has 2 aromatic rings. The fourth-order valence-corrected chi connectivity index (χ4v) is 2.29. The summed E-state index contributed by atoms with van der Waals surface area (Å²) < 4.78 is 5.85. The maximum Gasteiger partial charge on any atom is 0.130 e. The molecule has 3 heteroatoms. The minimum absolute atomic E-state index is 0.172. The van der Waals surface area contributed by atoms with E-state index in [0.29, 0.717) is 18.8 Å². The smallest absolute Gasteiger partial charge is 0.130 e. The molecule has 0 spiro atoms. The Morgan fingerprint density at radius 3 is 2.55 bits per heavy atom. The quantitative estimate of drug-likeness (QED) is 0.833. The molecule has 3 nitrogen and oxygen atoms in total. The van der Waals surface area contributed by atoms with Gasteiger partial charge in [0.1, 0.15) is 18.1 Å². The van der Waals surface area contributed by atoms with Crippen LogP contribution >= 0.6 is 0 Å². The van der Waals surface area contributed by atoms with Crippen LogP contribution in [0.2, 0.25) is 0 Å². The van der Waals surface area contributed by atoms with E-state index < -0.39 is 0 Å². The summed E-state index contributed by atoms with van der Waals surface area (Å²) in [6.45, 7) is 2.52. The Hall–Kier alpha value is -2.47. The second-order valence-corrected chi connectivity index (χ2v) is 5.18. The fourth-order valence-electron chi connectivity index (χ4n) is 2.29. The van der Waals surface area contributed by atoms with Gasteiger partial charge in [0.2, 0.25) is 0 Å². The van der Waals surface area contributed by atoms with Crippen LogP contribution in [0.15, 0.2) is 36.4 Å². The molecule has 2 aromatic carbocycles. The van der Waals surface area contributed by atoms with Crippen molar-refractivity contribution < 1.29 is 9.84 Å². The van der Waals surface area contributed by atoms with Crippen molar-refractivity contribution in [3.63, 3.8) is 0 Å². The summed E-state index contributed by atoms with van der Waals surface area (Å²) in [6, 6.07) is 16.5. The van der Waals surface area contributed by atoms with E-state index in [-0.39, 0.29) is 5.75 Å². The second-order valence-electron chi connectivity index (χ2n) is 5.18. The van der Waals surface area contributed by atoms with Gasteiger partial charge in [-0.05, 0) is 36.1 Å². The van der Waals surface area contributed by atoms with Gasteiger partial charge >= 0.3 is 0 Å². The number of benzene rings is 2. The molecule has 0 saturated carbocycles. The van der Waals surface area contributed by atoms with Gasteiger partial charge in [-0.15, -0.1) is 0 Å². The molecule has 0 aliphatic carbocycles. The third-order valence-electron chi connectivity index (χ3n) is 3.48. The van der Waals surface area contributed by atoms with Crippen LogP contribution in [0.4, 0.5) is 0 Å². The Kier molecular flexibility index (Phi) is 5.85. The van der Waals surface area contributed by atoms with Crippen LogP contribution in [0.1, 0.15) is 36.5 Å². The lowest BCUT2D eigenvalue weighted by atomic mass is 10.1. The van der Waals surface area contributed by atoms with Gasteiger partial charge in [0.05, 0.1) is 6.07 Å². The average molecular weight is 294 g/mol. The number of rotatable bonds is 7. The number of phenolic OH excluding ortho intramolecular Hbond substituents is 1. The van der Waals surface area contributed by atoms with Crippen molar-refractivity contribution >= 4 is 0 Å². The van der Waals surface area contributed by atoms with Gasteiger partial charge in [0.25, 0.3) is 0 Å². The Balaban J connectivity index is 2.01. The van der Waals surface area contributed by atoms with E-state index in [2.05, 4.69) is 19.1 Å². The van der Waals surface area contributed by atoms with Gasteiger partial charge in [-0.2, -0.15) is 5.26 Å². The van der Waals surface area contributed by atoms with E-state index in [1.54, 1.807) is 6.07 Å². The number of phenols is 1. The highest BCUT2D eigenvalue weighted by Gasteiger charge is 2.08. The first-order valence-corrected chi connectivity index (χ1v) is 7.54. The fraction of sp³-hybridized carbons (Fsp3) is 0.316. The molecule has 0 unspecified atom stereocenters. The number of nitrogens with zero attached hydrogens (tertiary/aromatic N) is 1. The SMILES string of the molecule is CCCc1c(O)[c]ccc1OCc1ccc(CCC#N)cc1. The van der Waals surface area contributed by atoms with Crippen LogP contribution in [0.5, 0.6) is 11.5 Å². The third kappa shape index (κ3) is 4.26. The molecule has 0 amide bonds. The molecule has 0 aliphatic heterocycles. The molecule has 1 radical (unpaired) electrons. The minimum Gasteiger partial charge on any atom is -0.507 e. The molecule has 0 saturated heterocycles. The molecular formula is C19H20NO2. The molecule has 22 heavy (non-hydrogen) atoms. The number of aromatic hydroxyl groups is 1. The number of aryl methyl sites for hydroxylation is 1.